The Hall–Kier alpha value is -0.880. The molecule has 96 valence electrons. The molecule has 1 unspecified atom stereocenters. The first-order valence-corrected chi connectivity index (χ1v) is 6.61. The van der Waals surface area contributed by atoms with Crippen LogP contribution in [0.5, 0.6) is 0 Å². The second-order valence-corrected chi connectivity index (χ2v) is 4.69. The van der Waals surface area contributed by atoms with Crippen LogP contribution in [-0.4, -0.2) is 34.3 Å². The third-order valence-electron chi connectivity index (χ3n) is 2.17. The Morgan fingerprint density at radius 3 is 2.88 bits per heavy atom. The van der Waals surface area contributed by atoms with Gasteiger partial charge in [-0.15, -0.1) is 0 Å². The zero-order valence-corrected chi connectivity index (χ0v) is 11.8. The van der Waals surface area contributed by atoms with E-state index >= 15 is 0 Å². The molecule has 0 aliphatic rings. The van der Waals surface area contributed by atoms with Crippen molar-refractivity contribution in [3.8, 4) is 0 Å². The van der Waals surface area contributed by atoms with E-state index in [0.29, 0.717) is 5.95 Å². The summed E-state index contributed by atoms with van der Waals surface area (Å²) >= 11 is 3.40. The number of nitrogens with one attached hydrogen (secondary N) is 2. The lowest BCUT2D eigenvalue weighted by molar-refractivity contribution is 0.183. The van der Waals surface area contributed by atoms with Crippen LogP contribution in [0.15, 0.2) is 10.7 Å². The summed E-state index contributed by atoms with van der Waals surface area (Å²) < 4.78 is 0.844. The number of aromatic nitrogens is 2. The van der Waals surface area contributed by atoms with Crippen LogP contribution >= 0.6 is 15.9 Å². The van der Waals surface area contributed by atoms with Crippen LogP contribution in [0, 0.1) is 0 Å². The number of halogens is 1. The van der Waals surface area contributed by atoms with Gasteiger partial charge in [0, 0.05) is 19.3 Å². The van der Waals surface area contributed by atoms with E-state index in [-0.39, 0.29) is 6.10 Å². The fraction of sp³-hybridized carbons (Fsp3) is 0.636. The van der Waals surface area contributed by atoms with Crippen molar-refractivity contribution in [3.05, 3.63) is 10.7 Å². The molecule has 3 N–H and O–H groups in total. The van der Waals surface area contributed by atoms with Gasteiger partial charge in [-0.25, -0.2) is 4.98 Å². The third-order valence-corrected chi connectivity index (χ3v) is 2.75. The van der Waals surface area contributed by atoms with Crippen molar-refractivity contribution in [1.29, 1.82) is 0 Å². The zero-order valence-electron chi connectivity index (χ0n) is 10.2. The summed E-state index contributed by atoms with van der Waals surface area (Å²) in [4.78, 5) is 8.47. The number of hydrogen-bond acceptors (Lipinski definition) is 5. The van der Waals surface area contributed by atoms with E-state index in [1.165, 1.54) is 0 Å². The Morgan fingerprint density at radius 2 is 2.24 bits per heavy atom. The van der Waals surface area contributed by atoms with E-state index < -0.39 is 0 Å². The Bertz CT molecular complexity index is 346. The van der Waals surface area contributed by atoms with E-state index in [2.05, 4.69) is 36.5 Å². The van der Waals surface area contributed by atoms with E-state index in [0.717, 1.165) is 36.2 Å². The first kappa shape index (κ1) is 14.2. The van der Waals surface area contributed by atoms with Crippen LogP contribution in [0.1, 0.15) is 26.7 Å². The monoisotopic (exact) mass is 302 g/mol. The number of anilines is 2. The largest absolute Gasteiger partial charge is 0.393 e. The van der Waals surface area contributed by atoms with Crippen molar-refractivity contribution in [2.75, 3.05) is 23.7 Å². The molecule has 0 aliphatic heterocycles. The van der Waals surface area contributed by atoms with Crippen molar-refractivity contribution >= 4 is 27.7 Å². The molecule has 1 atom stereocenters. The van der Waals surface area contributed by atoms with Gasteiger partial charge in [0.05, 0.1) is 10.6 Å². The highest BCUT2D eigenvalue weighted by Gasteiger charge is 2.04. The summed E-state index contributed by atoms with van der Waals surface area (Å²) in [5, 5.41) is 15.4. The predicted molar refractivity (Wildman–Crippen MR) is 73.3 cm³/mol. The maximum atomic E-state index is 9.15. The van der Waals surface area contributed by atoms with Gasteiger partial charge in [0.15, 0.2) is 0 Å². The minimum absolute atomic E-state index is 0.247. The summed E-state index contributed by atoms with van der Waals surface area (Å²) in [6.07, 6.45) is 3.17. The maximum Gasteiger partial charge on any atom is 0.224 e. The van der Waals surface area contributed by atoms with Crippen molar-refractivity contribution in [1.82, 2.24) is 9.97 Å². The van der Waals surface area contributed by atoms with Gasteiger partial charge in [0.2, 0.25) is 5.95 Å². The van der Waals surface area contributed by atoms with E-state index in [1.807, 2.05) is 6.92 Å². The highest BCUT2D eigenvalue weighted by molar-refractivity contribution is 9.10. The van der Waals surface area contributed by atoms with Crippen LogP contribution in [0.25, 0.3) is 0 Å². The Morgan fingerprint density at radius 1 is 1.47 bits per heavy atom. The van der Waals surface area contributed by atoms with Crippen molar-refractivity contribution in [2.45, 2.75) is 32.8 Å². The first-order valence-electron chi connectivity index (χ1n) is 5.81. The maximum absolute atomic E-state index is 9.15. The van der Waals surface area contributed by atoms with Gasteiger partial charge in [-0.05, 0) is 42.6 Å². The van der Waals surface area contributed by atoms with Crippen molar-refractivity contribution in [3.63, 3.8) is 0 Å². The average Bonchev–Trinajstić information content (AvgIpc) is 2.28. The second kappa shape index (κ2) is 7.45. The van der Waals surface area contributed by atoms with Gasteiger partial charge in [-0.1, -0.05) is 0 Å². The van der Waals surface area contributed by atoms with Crippen LogP contribution in [-0.2, 0) is 0 Å². The molecule has 1 heterocycles. The molecule has 0 spiro atoms. The Labute approximate surface area is 110 Å². The summed E-state index contributed by atoms with van der Waals surface area (Å²) in [5.74, 6) is 1.40. The molecule has 0 aromatic carbocycles. The molecule has 0 fully saturated rings. The molecule has 0 saturated heterocycles. The topological polar surface area (TPSA) is 70.1 Å². The molecule has 17 heavy (non-hydrogen) atoms. The standard InChI is InChI=1S/C11H19BrN4O/c1-3-13-11-15-7-9(12)10(16-11)14-6-4-5-8(2)17/h7-8,17H,3-6H2,1-2H3,(H2,13,14,15,16). The number of rotatable bonds is 7. The summed E-state index contributed by atoms with van der Waals surface area (Å²) in [6, 6.07) is 0. The molecule has 1 rings (SSSR count). The Kier molecular flexibility index (Phi) is 6.21. The summed E-state index contributed by atoms with van der Waals surface area (Å²) in [7, 11) is 0. The fourth-order valence-corrected chi connectivity index (χ4v) is 1.67. The summed E-state index contributed by atoms with van der Waals surface area (Å²) in [6.45, 7) is 5.38. The minimum Gasteiger partial charge on any atom is -0.393 e. The normalized spacial score (nSPS) is 12.2. The molecular formula is C11H19BrN4O. The molecule has 6 heteroatoms. The van der Waals surface area contributed by atoms with Crippen molar-refractivity contribution < 1.29 is 5.11 Å². The van der Waals surface area contributed by atoms with Crippen LogP contribution in [0.4, 0.5) is 11.8 Å². The van der Waals surface area contributed by atoms with Gasteiger partial charge in [-0.3, -0.25) is 0 Å². The van der Waals surface area contributed by atoms with Gasteiger partial charge in [-0.2, -0.15) is 4.98 Å². The van der Waals surface area contributed by atoms with E-state index in [1.54, 1.807) is 13.1 Å². The van der Waals surface area contributed by atoms with E-state index in [9.17, 15) is 0 Å². The van der Waals surface area contributed by atoms with Gasteiger partial charge < -0.3 is 15.7 Å². The smallest absolute Gasteiger partial charge is 0.224 e. The number of nitrogens with zero attached hydrogens (tertiary/aromatic N) is 2. The molecule has 0 bridgehead atoms. The highest BCUT2D eigenvalue weighted by Crippen LogP contribution is 2.20. The summed E-state index contributed by atoms with van der Waals surface area (Å²) in [5.41, 5.74) is 0. The average molecular weight is 303 g/mol. The predicted octanol–water partition coefficient (Wildman–Crippen LogP) is 2.24. The molecule has 1 aromatic heterocycles. The lowest BCUT2D eigenvalue weighted by atomic mass is 10.2. The minimum atomic E-state index is -0.247. The SMILES string of the molecule is CCNc1ncc(Br)c(NCCCC(C)O)n1. The zero-order chi connectivity index (χ0) is 12.7. The number of aliphatic hydroxyl groups excluding tert-OH is 1. The van der Waals surface area contributed by atoms with Gasteiger partial charge in [0.1, 0.15) is 5.82 Å². The lowest BCUT2D eigenvalue weighted by Gasteiger charge is -2.10. The molecule has 0 aliphatic carbocycles. The molecule has 1 aromatic rings. The van der Waals surface area contributed by atoms with Crippen molar-refractivity contribution in [2.24, 2.45) is 0 Å². The molecular weight excluding hydrogens is 284 g/mol. The quantitative estimate of drug-likeness (QED) is 0.674. The first-order chi connectivity index (χ1) is 8.13. The highest BCUT2D eigenvalue weighted by atomic mass is 79.9. The fourth-order valence-electron chi connectivity index (χ4n) is 1.34. The molecule has 0 radical (unpaired) electrons. The van der Waals surface area contributed by atoms with Gasteiger partial charge >= 0.3 is 0 Å². The second-order valence-electron chi connectivity index (χ2n) is 3.84. The Balaban J connectivity index is 2.48. The molecule has 5 nitrogen and oxygen atoms in total. The number of hydrogen-bond donors (Lipinski definition) is 3. The molecule has 0 amide bonds. The lowest BCUT2D eigenvalue weighted by Crippen LogP contribution is -2.10. The third kappa shape index (κ3) is 5.32. The van der Waals surface area contributed by atoms with Crippen LogP contribution in [0.2, 0.25) is 0 Å². The van der Waals surface area contributed by atoms with E-state index in [4.69, 9.17) is 5.11 Å². The number of aliphatic hydroxyl groups is 1. The van der Waals surface area contributed by atoms with Crippen LogP contribution in [0.3, 0.4) is 0 Å². The van der Waals surface area contributed by atoms with Gasteiger partial charge in [0.25, 0.3) is 0 Å². The molecule has 0 saturated carbocycles. The van der Waals surface area contributed by atoms with Crippen LogP contribution < -0.4 is 10.6 Å².